The molecule has 1 heterocycles. The number of nitrogens with zero attached hydrogens (tertiary/aromatic N) is 1. The van der Waals surface area contributed by atoms with E-state index in [4.69, 9.17) is 4.74 Å². The van der Waals surface area contributed by atoms with Crippen LogP contribution < -0.4 is 5.32 Å². The van der Waals surface area contributed by atoms with Crippen LogP contribution >= 0.6 is 15.9 Å². The van der Waals surface area contributed by atoms with Gasteiger partial charge in [-0.1, -0.05) is 28.1 Å². The average Bonchev–Trinajstić information content (AvgIpc) is 2.40. The molecule has 0 aliphatic heterocycles. The maximum absolute atomic E-state index is 5.72. The lowest BCUT2D eigenvalue weighted by Gasteiger charge is -2.07. The van der Waals surface area contributed by atoms with Gasteiger partial charge in [-0.3, -0.25) is 0 Å². The highest BCUT2D eigenvalue weighted by Crippen LogP contribution is 2.13. The van der Waals surface area contributed by atoms with Crippen LogP contribution in [0, 0.1) is 0 Å². The molecule has 0 saturated heterocycles. The smallest absolute Gasteiger partial charge is 0.126 e. The van der Waals surface area contributed by atoms with Crippen molar-refractivity contribution in [1.29, 1.82) is 0 Å². The molecule has 19 heavy (non-hydrogen) atoms. The first kappa shape index (κ1) is 14.0. The van der Waals surface area contributed by atoms with Gasteiger partial charge in [0.25, 0.3) is 0 Å². The first-order valence-corrected chi connectivity index (χ1v) is 7.08. The predicted octanol–water partition coefficient (Wildman–Crippen LogP) is 3.99. The molecule has 0 saturated carbocycles. The largest absolute Gasteiger partial charge is 0.372 e. The quantitative estimate of drug-likeness (QED) is 0.873. The van der Waals surface area contributed by atoms with Crippen molar-refractivity contribution in [2.45, 2.75) is 20.1 Å². The van der Waals surface area contributed by atoms with Crippen LogP contribution in [0.3, 0.4) is 0 Å². The molecule has 0 radical (unpaired) electrons. The van der Waals surface area contributed by atoms with Gasteiger partial charge in [0.15, 0.2) is 0 Å². The zero-order chi connectivity index (χ0) is 13.5. The lowest BCUT2D eigenvalue weighted by atomic mass is 10.2. The average molecular weight is 321 g/mol. The molecule has 0 spiro atoms. The van der Waals surface area contributed by atoms with Crippen molar-refractivity contribution in [1.82, 2.24) is 4.98 Å². The van der Waals surface area contributed by atoms with E-state index in [1.165, 1.54) is 0 Å². The Balaban J connectivity index is 1.87. The van der Waals surface area contributed by atoms with Gasteiger partial charge in [-0.05, 0) is 42.3 Å². The molecule has 2 aromatic rings. The van der Waals surface area contributed by atoms with E-state index in [-0.39, 0.29) is 0 Å². The van der Waals surface area contributed by atoms with Gasteiger partial charge in [-0.2, -0.15) is 0 Å². The molecule has 0 bridgehead atoms. The van der Waals surface area contributed by atoms with Gasteiger partial charge in [-0.25, -0.2) is 4.98 Å². The number of nitrogens with one attached hydrogen (secondary N) is 1. The van der Waals surface area contributed by atoms with E-state index in [1.807, 2.05) is 24.3 Å². The molecule has 2 rings (SSSR count). The van der Waals surface area contributed by atoms with E-state index in [0.29, 0.717) is 13.2 Å². The summed E-state index contributed by atoms with van der Waals surface area (Å²) in [5, 5.41) is 3.19. The Morgan fingerprint density at radius 1 is 1.16 bits per heavy atom. The fraction of sp³-hybridized carbons (Fsp3) is 0.267. The maximum Gasteiger partial charge on any atom is 0.126 e. The lowest BCUT2D eigenvalue weighted by Crippen LogP contribution is -2.00. The van der Waals surface area contributed by atoms with E-state index in [1.54, 1.807) is 6.20 Å². The predicted molar refractivity (Wildman–Crippen MR) is 81.0 cm³/mol. The van der Waals surface area contributed by atoms with E-state index in [2.05, 4.69) is 45.3 Å². The Labute approximate surface area is 122 Å². The van der Waals surface area contributed by atoms with Crippen molar-refractivity contribution in [3.8, 4) is 0 Å². The first-order valence-electron chi connectivity index (χ1n) is 6.29. The first-order chi connectivity index (χ1) is 9.28. The monoisotopic (exact) mass is 320 g/mol. The third-order valence-corrected chi connectivity index (χ3v) is 3.10. The normalized spacial score (nSPS) is 10.4. The third kappa shape index (κ3) is 4.65. The zero-order valence-electron chi connectivity index (χ0n) is 10.9. The summed E-state index contributed by atoms with van der Waals surface area (Å²) in [6.07, 6.45) is 1.80. The van der Waals surface area contributed by atoms with Crippen molar-refractivity contribution in [2.75, 3.05) is 11.9 Å². The van der Waals surface area contributed by atoms with E-state index in [9.17, 15) is 0 Å². The molecule has 100 valence electrons. The molecular weight excluding hydrogens is 304 g/mol. The summed E-state index contributed by atoms with van der Waals surface area (Å²) in [6.45, 7) is 4.12. The lowest BCUT2D eigenvalue weighted by molar-refractivity contribution is 0.107. The van der Waals surface area contributed by atoms with Gasteiger partial charge >= 0.3 is 0 Å². The Hall–Kier alpha value is -1.39. The van der Waals surface area contributed by atoms with Crippen LogP contribution in [0.5, 0.6) is 0 Å². The number of hydrogen-bond acceptors (Lipinski definition) is 3. The maximum atomic E-state index is 5.72. The van der Waals surface area contributed by atoms with E-state index >= 15 is 0 Å². The summed E-state index contributed by atoms with van der Waals surface area (Å²) in [5.74, 6) is 0.894. The molecular formula is C15H17BrN2O. The highest BCUT2D eigenvalue weighted by atomic mass is 79.9. The molecule has 0 fully saturated rings. The molecule has 0 amide bonds. The van der Waals surface area contributed by atoms with Crippen LogP contribution in [0.4, 0.5) is 5.82 Å². The number of pyridine rings is 1. The second kappa shape index (κ2) is 7.26. The molecule has 4 heteroatoms. The fourth-order valence-corrected chi connectivity index (χ4v) is 2.20. The zero-order valence-corrected chi connectivity index (χ0v) is 12.5. The van der Waals surface area contributed by atoms with Crippen molar-refractivity contribution >= 4 is 21.7 Å². The summed E-state index contributed by atoms with van der Waals surface area (Å²) in [6, 6.07) is 12.1. The Bertz CT molecular complexity index is 531. The van der Waals surface area contributed by atoms with Crippen molar-refractivity contribution in [3.63, 3.8) is 0 Å². The second-order valence-electron chi connectivity index (χ2n) is 4.20. The van der Waals surface area contributed by atoms with Gasteiger partial charge in [0.05, 0.1) is 13.2 Å². The minimum atomic E-state index is 0.591. The van der Waals surface area contributed by atoms with Gasteiger partial charge < -0.3 is 10.1 Å². The van der Waals surface area contributed by atoms with E-state index in [0.717, 1.165) is 28.0 Å². The molecule has 0 unspecified atom stereocenters. The topological polar surface area (TPSA) is 34.1 Å². The summed E-state index contributed by atoms with van der Waals surface area (Å²) < 4.78 is 6.79. The number of benzene rings is 1. The molecule has 1 aromatic heterocycles. The summed E-state index contributed by atoms with van der Waals surface area (Å²) in [5.41, 5.74) is 2.29. The minimum absolute atomic E-state index is 0.591. The number of anilines is 1. The number of ether oxygens (including phenoxy) is 1. The van der Waals surface area contributed by atoms with Crippen molar-refractivity contribution in [3.05, 3.63) is 58.2 Å². The summed E-state index contributed by atoms with van der Waals surface area (Å²) in [4.78, 5) is 4.23. The van der Waals surface area contributed by atoms with E-state index < -0.39 is 0 Å². The number of rotatable bonds is 6. The van der Waals surface area contributed by atoms with Crippen molar-refractivity contribution < 1.29 is 4.74 Å². The van der Waals surface area contributed by atoms with Gasteiger partial charge in [0.2, 0.25) is 0 Å². The summed E-state index contributed by atoms with van der Waals surface area (Å²) >= 11 is 3.45. The molecule has 0 aliphatic rings. The summed E-state index contributed by atoms with van der Waals surface area (Å²) in [7, 11) is 0. The molecule has 0 aliphatic carbocycles. The van der Waals surface area contributed by atoms with Crippen LogP contribution in [0.25, 0.3) is 0 Å². The van der Waals surface area contributed by atoms with Gasteiger partial charge in [0.1, 0.15) is 5.82 Å². The number of aromatic nitrogens is 1. The Morgan fingerprint density at radius 2 is 1.95 bits per heavy atom. The van der Waals surface area contributed by atoms with Crippen LogP contribution in [0.2, 0.25) is 0 Å². The fourth-order valence-electron chi connectivity index (χ4n) is 1.76. The van der Waals surface area contributed by atoms with Crippen LogP contribution in [-0.4, -0.2) is 11.5 Å². The Morgan fingerprint density at radius 3 is 2.68 bits per heavy atom. The number of hydrogen-bond donors (Lipinski definition) is 1. The van der Waals surface area contributed by atoms with Gasteiger partial charge in [-0.15, -0.1) is 0 Å². The molecule has 3 nitrogen and oxygen atoms in total. The molecule has 0 atom stereocenters. The highest BCUT2D eigenvalue weighted by molar-refractivity contribution is 9.10. The Kier molecular flexibility index (Phi) is 5.36. The van der Waals surface area contributed by atoms with Gasteiger partial charge in [0, 0.05) is 17.2 Å². The standard InChI is InChI=1S/C15H17BrN2O/c1-2-17-15-9-13(6-7-18-15)11-19-10-12-4-3-5-14(16)8-12/h3-9H,2,10-11H2,1H3,(H,17,18). The molecule has 1 aromatic carbocycles. The SMILES string of the molecule is CCNc1cc(COCc2cccc(Br)c2)ccn1. The minimum Gasteiger partial charge on any atom is -0.372 e. The second-order valence-corrected chi connectivity index (χ2v) is 5.12. The third-order valence-electron chi connectivity index (χ3n) is 2.61. The van der Waals surface area contributed by atoms with Crippen molar-refractivity contribution in [2.24, 2.45) is 0 Å². The highest BCUT2D eigenvalue weighted by Gasteiger charge is 1.98. The number of halogens is 1. The van der Waals surface area contributed by atoms with Crippen LogP contribution in [0.15, 0.2) is 47.1 Å². The van der Waals surface area contributed by atoms with Crippen LogP contribution in [0.1, 0.15) is 18.1 Å². The van der Waals surface area contributed by atoms with Crippen LogP contribution in [-0.2, 0) is 18.0 Å². The molecule has 1 N–H and O–H groups in total.